The van der Waals surface area contributed by atoms with Gasteiger partial charge >= 0.3 is 0 Å². The Morgan fingerprint density at radius 3 is 2.85 bits per heavy atom. The van der Waals surface area contributed by atoms with E-state index >= 15 is 0 Å². The zero-order valence-electron chi connectivity index (χ0n) is 11.2. The zero-order valence-corrected chi connectivity index (χ0v) is 12.0. The lowest BCUT2D eigenvalue weighted by atomic mass is 10.2. The number of hydrogen-bond acceptors (Lipinski definition) is 4. The van der Waals surface area contributed by atoms with E-state index in [4.69, 9.17) is 0 Å². The SMILES string of the molecule is CC(Nc1cnn(Cc2ccccc2)c1)c1cncs1. The molecule has 0 bridgehead atoms. The van der Waals surface area contributed by atoms with Gasteiger partial charge in [0.25, 0.3) is 0 Å². The van der Waals surface area contributed by atoms with Crippen molar-refractivity contribution in [3.05, 3.63) is 64.9 Å². The molecule has 102 valence electrons. The van der Waals surface area contributed by atoms with Crippen molar-refractivity contribution in [2.75, 3.05) is 5.32 Å². The number of nitrogens with one attached hydrogen (secondary N) is 1. The standard InChI is InChI=1S/C15H16N4S/c1-12(15-8-16-11-20-15)18-14-7-17-19(10-14)9-13-5-3-2-4-6-13/h2-8,10-12,18H,9H2,1H3. The second kappa shape index (κ2) is 5.88. The third-order valence-electron chi connectivity index (χ3n) is 3.08. The minimum Gasteiger partial charge on any atom is -0.375 e. The molecule has 0 saturated heterocycles. The Labute approximate surface area is 122 Å². The normalized spacial score (nSPS) is 12.2. The molecule has 20 heavy (non-hydrogen) atoms. The largest absolute Gasteiger partial charge is 0.375 e. The fourth-order valence-electron chi connectivity index (χ4n) is 2.06. The summed E-state index contributed by atoms with van der Waals surface area (Å²) < 4.78 is 1.94. The second-order valence-corrected chi connectivity index (χ2v) is 5.60. The topological polar surface area (TPSA) is 42.7 Å². The van der Waals surface area contributed by atoms with Crippen molar-refractivity contribution >= 4 is 17.0 Å². The van der Waals surface area contributed by atoms with Crippen LogP contribution in [0, 0.1) is 0 Å². The summed E-state index contributed by atoms with van der Waals surface area (Å²) in [6.07, 6.45) is 5.79. The van der Waals surface area contributed by atoms with E-state index in [-0.39, 0.29) is 6.04 Å². The highest BCUT2D eigenvalue weighted by molar-refractivity contribution is 7.09. The molecule has 0 fully saturated rings. The summed E-state index contributed by atoms with van der Waals surface area (Å²) in [5.74, 6) is 0. The first-order chi connectivity index (χ1) is 9.81. The van der Waals surface area contributed by atoms with Crippen LogP contribution in [0.4, 0.5) is 5.69 Å². The molecule has 2 heterocycles. The van der Waals surface area contributed by atoms with Crippen LogP contribution in [-0.4, -0.2) is 14.8 Å². The fourth-order valence-corrected chi connectivity index (χ4v) is 2.68. The van der Waals surface area contributed by atoms with Crippen molar-refractivity contribution in [3.8, 4) is 0 Å². The Balaban J connectivity index is 1.65. The molecule has 3 rings (SSSR count). The lowest BCUT2D eigenvalue weighted by molar-refractivity contribution is 0.687. The van der Waals surface area contributed by atoms with Crippen LogP contribution in [0.3, 0.4) is 0 Å². The highest BCUT2D eigenvalue weighted by atomic mass is 32.1. The number of nitrogens with zero attached hydrogens (tertiary/aromatic N) is 3. The molecule has 4 nitrogen and oxygen atoms in total. The van der Waals surface area contributed by atoms with Gasteiger partial charge in [-0.05, 0) is 12.5 Å². The molecule has 0 saturated carbocycles. The van der Waals surface area contributed by atoms with E-state index in [1.165, 1.54) is 10.4 Å². The van der Waals surface area contributed by atoms with E-state index in [1.807, 2.05) is 47.0 Å². The van der Waals surface area contributed by atoms with Gasteiger partial charge in [0.15, 0.2) is 0 Å². The maximum Gasteiger partial charge on any atom is 0.0795 e. The lowest BCUT2D eigenvalue weighted by Crippen LogP contribution is -2.04. The highest BCUT2D eigenvalue weighted by Crippen LogP contribution is 2.21. The molecule has 0 amide bonds. The number of rotatable bonds is 5. The molecule has 0 aliphatic rings. The zero-order chi connectivity index (χ0) is 13.8. The van der Waals surface area contributed by atoms with Crippen molar-refractivity contribution in [2.45, 2.75) is 19.5 Å². The Morgan fingerprint density at radius 1 is 1.25 bits per heavy atom. The van der Waals surface area contributed by atoms with E-state index in [0.29, 0.717) is 0 Å². The van der Waals surface area contributed by atoms with E-state index in [0.717, 1.165) is 12.2 Å². The smallest absolute Gasteiger partial charge is 0.0795 e. The number of thiazole rings is 1. The number of anilines is 1. The number of benzene rings is 1. The summed E-state index contributed by atoms with van der Waals surface area (Å²) in [7, 11) is 0. The minimum absolute atomic E-state index is 0.247. The van der Waals surface area contributed by atoms with Crippen LogP contribution in [0.5, 0.6) is 0 Å². The summed E-state index contributed by atoms with van der Waals surface area (Å²) in [6.45, 7) is 2.92. The van der Waals surface area contributed by atoms with E-state index < -0.39 is 0 Å². The Kier molecular flexibility index (Phi) is 3.78. The summed E-state index contributed by atoms with van der Waals surface area (Å²) in [5, 5.41) is 7.83. The van der Waals surface area contributed by atoms with Crippen LogP contribution in [0.1, 0.15) is 23.4 Å². The predicted molar refractivity (Wildman–Crippen MR) is 81.9 cm³/mol. The predicted octanol–water partition coefficient (Wildman–Crippen LogP) is 3.56. The number of aromatic nitrogens is 3. The van der Waals surface area contributed by atoms with Crippen LogP contribution in [-0.2, 0) is 6.54 Å². The summed E-state index contributed by atoms with van der Waals surface area (Å²) in [5.41, 5.74) is 4.13. The maximum absolute atomic E-state index is 4.39. The first kappa shape index (κ1) is 12.9. The Bertz CT molecular complexity index is 646. The molecule has 1 N–H and O–H groups in total. The van der Waals surface area contributed by atoms with Crippen molar-refractivity contribution in [1.29, 1.82) is 0 Å². The van der Waals surface area contributed by atoms with Gasteiger partial charge in [-0.1, -0.05) is 30.3 Å². The number of hydrogen-bond donors (Lipinski definition) is 1. The molecule has 0 spiro atoms. The van der Waals surface area contributed by atoms with Crippen LogP contribution < -0.4 is 5.32 Å². The molecular formula is C15H16N4S. The summed E-state index contributed by atoms with van der Waals surface area (Å²) in [4.78, 5) is 5.33. The second-order valence-electron chi connectivity index (χ2n) is 4.68. The lowest BCUT2D eigenvalue weighted by Gasteiger charge is -2.10. The molecular weight excluding hydrogens is 268 g/mol. The summed E-state index contributed by atoms with van der Waals surface area (Å²) in [6, 6.07) is 10.6. The molecule has 0 aliphatic carbocycles. The first-order valence-electron chi connectivity index (χ1n) is 6.52. The molecule has 5 heteroatoms. The van der Waals surface area contributed by atoms with Crippen molar-refractivity contribution in [1.82, 2.24) is 14.8 Å². The van der Waals surface area contributed by atoms with Gasteiger partial charge < -0.3 is 5.32 Å². The van der Waals surface area contributed by atoms with Crippen LogP contribution in [0.25, 0.3) is 0 Å². The quantitative estimate of drug-likeness (QED) is 0.779. The molecule has 1 aromatic carbocycles. The third-order valence-corrected chi connectivity index (χ3v) is 4.04. The van der Waals surface area contributed by atoms with E-state index in [2.05, 4.69) is 34.5 Å². The van der Waals surface area contributed by atoms with Crippen molar-refractivity contribution in [2.24, 2.45) is 0 Å². The molecule has 0 radical (unpaired) electrons. The van der Waals surface area contributed by atoms with E-state index in [9.17, 15) is 0 Å². The first-order valence-corrected chi connectivity index (χ1v) is 7.40. The van der Waals surface area contributed by atoms with Gasteiger partial charge in [-0.2, -0.15) is 5.10 Å². The molecule has 2 aromatic heterocycles. The van der Waals surface area contributed by atoms with Crippen molar-refractivity contribution in [3.63, 3.8) is 0 Å². The van der Waals surface area contributed by atoms with Crippen LogP contribution in [0.2, 0.25) is 0 Å². The van der Waals surface area contributed by atoms with Crippen LogP contribution >= 0.6 is 11.3 Å². The summed E-state index contributed by atoms with van der Waals surface area (Å²) >= 11 is 1.66. The highest BCUT2D eigenvalue weighted by Gasteiger charge is 2.08. The average molecular weight is 284 g/mol. The average Bonchev–Trinajstić information content (AvgIpc) is 3.11. The van der Waals surface area contributed by atoms with Gasteiger partial charge in [0.05, 0.1) is 30.0 Å². The van der Waals surface area contributed by atoms with Crippen LogP contribution in [0.15, 0.2) is 54.4 Å². The fraction of sp³-hybridized carbons (Fsp3) is 0.200. The van der Waals surface area contributed by atoms with Crippen molar-refractivity contribution < 1.29 is 0 Å². The maximum atomic E-state index is 4.39. The van der Waals surface area contributed by atoms with Gasteiger partial charge in [0, 0.05) is 17.3 Å². The minimum atomic E-state index is 0.247. The van der Waals surface area contributed by atoms with Gasteiger partial charge in [-0.15, -0.1) is 11.3 Å². The van der Waals surface area contributed by atoms with Gasteiger partial charge in [-0.3, -0.25) is 9.67 Å². The molecule has 1 atom stereocenters. The molecule has 0 aliphatic heterocycles. The monoisotopic (exact) mass is 284 g/mol. The van der Waals surface area contributed by atoms with Gasteiger partial charge in [-0.25, -0.2) is 0 Å². The van der Waals surface area contributed by atoms with E-state index in [1.54, 1.807) is 11.3 Å². The molecule has 3 aromatic rings. The molecule has 1 unspecified atom stereocenters. The Morgan fingerprint density at radius 2 is 2.10 bits per heavy atom. The Hall–Kier alpha value is -2.14. The van der Waals surface area contributed by atoms with Gasteiger partial charge in [0.2, 0.25) is 0 Å². The third kappa shape index (κ3) is 3.05. The van der Waals surface area contributed by atoms with Gasteiger partial charge in [0.1, 0.15) is 0 Å².